The number of methoxy groups -OCH3 is 2. The van der Waals surface area contributed by atoms with Gasteiger partial charge in [-0.15, -0.1) is 0 Å². The Hall–Kier alpha value is -3.41. The van der Waals surface area contributed by atoms with Crippen molar-refractivity contribution in [1.29, 1.82) is 0 Å². The van der Waals surface area contributed by atoms with E-state index < -0.39 is 0 Å². The maximum atomic E-state index is 12.6. The van der Waals surface area contributed by atoms with Gasteiger partial charge in [-0.3, -0.25) is 4.79 Å². The summed E-state index contributed by atoms with van der Waals surface area (Å²) in [7, 11) is 3.11. The molecule has 0 aliphatic carbocycles. The predicted molar refractivity (Wildman–Crippen MR) is 99.7 cm³/mol. The molecule has 6 nitrogen and oxygen atoms in total. The van der Waals surface area contributed by atoms with E-state index in [0.717, 1.165) is 5.56 Å². The second-order valence-electron chi connectivity index (χ2n) is 5.58. The van der Waals surface area contributed by atoms with Gasteiger partial charge in [0.05, 0.1) is 25.5 Å². The van der Waals surface area contributed by atoms with E-state index >= 15 is 0 Å². The minimum Gasteiger partial charge on any atom is -0.493 e. The van der Waals surface area contributed by atoms with Crippen LogP contribution in [0.3, 0.4) is 0 Å². The highest BCUT2D eigenvalue weighted by molar-refractivity contribution is 6.05. The highest BCUT2D eigenvalue weighted by atomic mass is 16.5. The van der Waals surface area contributed by atoms with Crippen LogP contribution in [0.15, 0.2) is 54.7 Å². The summed E-state index contributed by atoms with van der Waals surface area (Å²) in [5.41, 5.74) is 2.53. The molecule has 3 rings (SSSR count). The summed E-state index contributed by atoms with van der Waals surface area (Å²) in [5.74, 6) is 1.44. The Kier molecular flexibility index (Phi) is 5.12. The molecule has 0 saturated carbocycles. The lowest BCUT2D eigenvalue weighted by molar-refractivity contribution is 0.102. The Morgan fingerprint density at radius 1 is 1.00 bits per heavy atom. The van der Waals surface area contributed by atoms with Crippen molar-refractivity contribution in [3.8, 4) is 22.9 Å². The first kappa shape index (κ1) is 17.4. The fourth-order valence-corrected chi connectivity index (χ4v) is 2.53. The van der Waals surface area contributed by atoms with Crippen molar-refractivity contribution in [2.45, 2.75) is 6.92 Å². The van der Waals surface area contributed by atoms with Crippen LogP contribution in [-0.4, -0.2) is 30.1 Å². The second-order valence-corrected chi connectivity index (χ2v) is 5.58. The maximum absolute atomic E-state index is 12.6. The summed E-state index contributed by atoms with van der Waals surface area (Å²) >= 11 is 0. The molecule has 0 aliphatic rings. The topological polar surface area (TPSA) is 73.3 Å². The van der Waals surface area contributed by atoms with Crippen molar-refractivity contribution >= 4 is 11.6 Å². The SMILES string of the molecule is COc1ccc(NC(=O)c2cnc(-c3ccccc3)nc2C)cc1OC. The fraction of sp³-hybridized carbons (Fsp3) is 0.150. The largest absolute Gasteiger partial charge is 0.493 e. The van der Waals surface area contributed by atoms with Crippen LogP contribution in [0.25, 0.3) is 11.4 Å². The zero-order valence-corrected chi connectivity index (χ0v) is 14.8. The van der Waals surface area contributed by atoms with Gasteiger partial charge in [-0.25, -0.2) is 9.97 Å². The van der Waals surface area contributed by atoms with Gasteiger partial charge in [-0.05, 0) is 19.1 Å². The van der Waals surface area contributed by atoms with Crippen molar-refractivity contribution in [1.82, 2.24) is 9.97 Å². The van der Waals surface area contributed by atoms with Crippen LogP contribution in [0, 0.1) is 6.92 Å². The van der Waals surface area contributed by atoms with Gasteiger partial charge in [-0.1, -0.05) is 30.3 Å². The number of hydrogen-bond donors (Lipinski definition) is 1. The van der Waals surface area contributed by atoms with Gasteiger partial charge in [0.2, 0.25) is 0 Å². The Bertz CT molecular complexity index is 927. The second kappa shape index (κ2) is 7.65. The van der Waals surface area contributed by atoms with Crippen molar-refractivity contribution in [2.75, 3.05) is 19.5 Å². The molecule has 0 spiro atoms. The first-order valence-corrected chi connectivity index (χ1v) is 8.05. The maximum Gasteiger partial charge on any atom is 0.259 e. The molecule has 0 bridgehead atoms. The number of rotatable bonds is 5. The van der Waals surface area contributed by atoms with E-state index in [1.807, 2.05) is 30.3 Å². The molecule has 1 amide bonds. The number of ether oxygens (including phenoxy) is 2. The number of aromatic nitrogens is 2. The molecule has 3 aromatic rings. The number of amides is 1. The molecule has 26 heavy (non-hydrogen) atoms. The number of carbonyl (C=O) groups is 1. The third-order valence-corrected chi connectivity index (χ3v) is 3.90. The summed E-state index contributed by atoms with van der Waals surface area (Å²) in [6.07, 6.45) is 1.54. The normalized spacial score (nSPS) is 10.3. The number of benzene rings is 2. The molecule has 1 aromatic heterocycles. The van der Waals surface area contributed by atoms with Gasteiger partial charge < -0.3 is 14.8 Å². The van der Waals surface area contributed by atoms with E-state index in [1.165, 1.54) is 0 Å². The quantitative estimate of drug-likeness (QED) is 0.760. The molecule has 0 aliphatic heterocycles. The summed E-state index contributed by atoms with van der Waals surface area (Å²) in [6, 6.07) is 14.8. The molecule has 2 aromatic carbocycles. The average Bonchev–Trinajstić information content (AvgIpc) is 2.68. The molecule has 0 saturated heterocycles. The van der Waals surface area contributed by atoms with Crippen molar-refractivity contribution in [3.05, 3.63) is 66.0 Å². The summed E-state index contributed by atoms with van der Waals surface area (Å²) in [6.45, 7) is 1.79. The zero-order chi connectivity index (χ0) is 18.5. The van der Waals surface area contributed by atoms with Gasteiger partial charge in [0, 0.05) is 23.5 Å². The number of nitrogens with zero attached hydrogens (tertiary/aromatic N) is 2. The lowest BCUT2D eigenvalue weighted by Crippen LogP contribution is -2.15. The number of anilines is 1. The molecule has 0 fully saturated rings. The molecule has 6 heteroatoms. The Balaban J connectivity index is 1.82. The highest BCUT2D eigenvalue weighted by Gasteiger charge is 2.14. The van der Waals surface area contributed by atoms with Crippen LogP contribution in [0.1, 0.15) is 16.1 Å². The molecule has 0 unspecified atom stereocenters. The van der Waals surface area contributed by atoms with Crippen LogP contribution in [0.5, 0.6) is 11.5 Å². The van der Waals surface area contributed by atoms with Gasteiger partial charge in [0.15, 0.2) is 17.3 Å². The van der Waals surface area contributed by atoms with Crippen LogP contribution >= 0.6 is 0 Å². The number of aryl methyl sites for hydroxylation is 1. The molecule has 132 valence electrons. The van der Waals surface area contributed by atoms with Gasteiger partial charge in [-0.2, -0.15) is 0 Å². The van der Waals surface area contributed by atoms with Crippen molar-refractivity contribution in [3.63, 3.8) is 0 Å². The Labute approximate surface area is 151 Å². The molecular weight excluding hydrogens is 330 g/mol. The van der Waals surface area contributed by atoms with E-state index in [-0.39, 0.29) is 5.91 Å². The molecule has 0 atom stereocenters. The van der Waals surface area contributed by atoms with Gasteiger partial charge >= 0.3 is 0 Å². The molecule has 0 radical (unpaired) electrons. The van der Waals surface area contributed by atoms with E-state index in [2.05, 4.69) is 15.3 Å². The highest BCUT2D eigenvalue weighted by Crippen LogP contribution is 2.30. The predicted octanol–water partition coefficient (Wildman–Crippen LogP) is 3.72. The zero-order valence-electron chi connectivity index (χ0n) is 14.8. The monoisotopic (exact) mass is 349 g/mol. The van der Waals surface area contributed by atoms with Gasteiger partial charge in [0.25, 0.3) is 5.91 Å². The number of hydrogen-bond acceptors (Lipinski definition) is 5. The first-order chi connectivity index (χ1) is 12.6. The smallest absolute Gasteiger partial charge is 0.259 e. The minimum absolute atomic E-state index is 0.283. The summed E-state index contributed by atoms with van der Waals surface area (Å²) < 4.78 is 10.4. The van der Waals surface area contributed by atoms with E-state index in [0.29, 0.717) is 34.3 Å². The molecule has 1 N–H and O–H groups in total. The number of carbonyl (C=O) groups excluding carboxylic acids is 1. The van der Waals surface area contributed by atoms with Crippen LogP contribution in [0.2, 0.25) is 0 Å². The molecule has 1 heterocycles. The van der Waals surface area contributed by atoms with E-state index in [4.69, 9.17) is 9.47 Å². The van der Waals surface area contributed by atoms with E-state index in [1.54, 1.807) is 45.5 Å². The van der Waals surface area contributed by atoms with Crippen molar-refractivity contribution in [2.24, 2.45) is 0 Å². The van der Waals surface area contributed by atoms with Crippen LogP contribution < -0.4 is 14.8 Å². The molecular formula is C20H19N3O3. The minimum atomic E-state index is -0.283. The third kappa shape index (κ3) is 3.64. The summed E-state index contributed by atoms with van der Waals surface area (Å²) in [5, 5.41) is 2.83. The standard InChI is InChI=1S/C20H19N3O3/c1-13-16(12-21-19(22-13)14-7-5-4-6-8-14)20(24)23-15-9-10-17(25-2)18(11-15)26-3/h4-12H,1-3H3,(H,23,24). The van der Waals surface area contributed by atoms with Crippen LogP contribution in [0.4, 0.5) is 5.69 Å². The van der Waals surface area contributed by atoms with Crippen molar-refractivity contribution < 1.29 is 14.3 Å². The Morgan fingerprint density at radius 3 is 2.38 bits per heavy atom. The number of nitrogens with one attached hydrogen (secondary N) is 1. The van der Waals surface area contributed by atoms with E-state index in [9.17, 15) is 4.79 Å². The van der Waals surface area contributed by atoms with Gasteiger partial charge in [0.1, 0.15) is 0 Å². The lowest BCUT2D eigenvalue weighted by Gasteiger charge is -2.11. The Morgan fingerprint density at radius 2 is 1.73 bits per heavy atom. The lowest BCUT2D eigenvalue weighted by atomic mass is 10.1. The third-order valence-electron chi connectivity index (χ3n) is 3.90. The van der Waals surface area contributed by atoms with Crippen LogP contribution in [-0.2, 0) is 0 Å². The average molecular weight is 349 g/mol. The summed E-state index contributed by atoms with van der Waals surface area (Å²) in [4.78, 5) is 21.3. The fourth-order valence-electron chi connectivity index (χ4n) is 2.53. The first-order valence-electron chi connectivity index (χ1n) is 8.05.